The number of alkyl carbamates (subject to hydrolysis) is 1. The number of nitrogens with zero attached hydrogens (tertiary/aromatic N) is 2. The zero-order valence-electron chi connectivity index (χ0n) is 23.3. The maximum Gasteiger partial charge on any atom is 0.494 e. The molecule has 1 aromatic heterocycles. The Morgan fingerprint density at radius 3 is 2.65 bits per heavy atom. The van der Waals surface area contributed by atoms with E-state index in [9.17, 15) is 4.79 Å². The molecule has 0 radical (unpaired) electrons. The van der Waals surface area contributed by atoms with Gasteiger partial charge in [0.15, 0.2) is 0 Å². The molecule has 2 aliphatic heterocycles. The van der Waals surface area contributed by atoms with Gasteiger partial charge in [0.1, 0.15) is 5.82 Å². The average Bonchev–Trinajstić information content (AvgIpc) is 3.53. The number of likely N-dealkylation sites (tertiary alicyclic amines) is 1. The zero-order chi connectivity index (χ0) is 26.5. The molecule has 2 aromatic rings. The van der Waals surface area contributed by atoms with Gasteiger partial charge < -0.3 is 24.3 Å². The molecule has 37 heavy (non-hydrogen) atoms. The van der Waals surface area contributed by atoms with Crippen LogP contribution in [0.25, 0.3) is 11.3 Å². The number of aromatic amines is 1. The number of hydrogen-bond acceptors (Lipinski definition) is 6. The Morgan fingerprint density at radius 1 is 1.24 bits per heavy atom. The number of methoxy groups -OCH3 is 1. The minimum atomic E-state index is -0.376. The standard InChI is InChI=1S/C28H41BN4O4/c1-17(2)22(31-26(34)35-7)16-33-14-8-9-23(33)25-30-21-13-10-18-15-19(11-12-20(18)24(21)32-25)29-36-27(3,4)28(5,6)37-29/h11-12,15,17,22-23H,8-10,13-14,16H2,1-7H3,(H,30,32)(H,31,34)/t22-,23+/m1/s1. The molecule has 0 unspecified atom stereocenters. The van der Waals surface area contributed by atoms with Crippen LogP contribution in [-0.2, 0) is 26.9 Å². The molecular formula is C28H41BN4O4. The lowest BCUT2D eigenvalue weighted by Gasteiger charge is -2.32. The maximum atomic E-state index is 11.9. The second kappa shape index (κ2) is 9.75. The number of benzene rings is 1. The molecule has 0 saturated carbocycles. The molecule has 3 heterocycles. The summed E-state index contributed by atoms with van der Waals surface area (Å²) in [6, 6.07) is 6.78. The monoisotopic (exact) mass is 508 g/mol. The summed E-state index contributed by atoms with van der Waals surface area (Å²) in [5.74, 6) is 1.33. The summed E-state index contributed by atoms with van der Waals surface area (Å²) in [7, 11) is 1.06. The molecule has 2 fully saturated rings. The van der Waals surface area contributed by atoms with Gasteiger partial charge in [-0.15, -0.1) is 0 Å². The number of imidazole rings is 1. The smallest absolute Gasteiger partial charge is 0.453 e. The molecular weight excluding hydrogens is 467 g/mol. The van der Waals surface area contributed by atoms with Crippen LogP contribution in [0.4, 0.5) is 4.79 Å². The number of amides is 1. The van der Waals surface area contributed by atoms with Crippen molar-refractivity contribution < 1.29 is 18.8 Å². The van der Waals surface area contributed by atoms with Crippen LogP contribution in [0, 0.1) is 5.92 Å². The van der Waals surface area contributed by atoms with Crippen LogP contribution < -0.4 is 10.8 Å². The fraction of sp³-hybridized carbons (Fsp3) is 0.643. The number of nitrogens with one attached hydrogen (secondary N) is 2. The van der Waals surface area contributed by atoms with Crippen molar-refractivity contribution in [3.63, 3.8) is 0 Å². The topological polar surface area (TPSA) is 88.7 Å². The number of hydrogen-bond donors (Lipinski definition) is 2. The Balaban J connectivity index is 1.35. The summed E-state index contributed by atoms with van der Waals surface area (Å²) in [5.41, 5.74) is 5.13. The Kier molecular flexibility index (Phi) is 6.92. The van der Waals surface area contributed by atoms with E-state index in [0.29, 0.717) is 5.92 Å². The molecule has 2 N–H and O–H groups in total. The third-order valence-electron chi connectivity index (χ3n) is 8.76. The number of H-pyrrole nitrogens is 1. The number of fused-ring (bicyclic) bond motifs is 3. The zero-order valence-corrected chi connectivity index (χ0v) is 23.3. The number of aryl methyl sites for hydroxylation is 2. The van der Waals surface area contributed by atoms with Gasteiger partial charge in [-0.3, -0.25) is 4.90 Å². The molecule has 0 spiro atoms. The van der Waals surface area contributed by atoms with E-state index >= 15 is 0 Å². The van der Waals surface area contributed by atoms with E-state index in [2.05, 4.69) is 74.9 Å². The molecule has 5 rings (SSSR count). The van der Waals surface area contributed by atoms with E-state index in [1.54, 1.807) is 0 Å². The molecule has 8 nitrogen and oxygen atoms in total. The van der Waals surface area contributed by atoms with Crippen molar-refractivity contribution in [1.82, 2.24) is 20.2 Å². The van der Waals surface area contributed by atoms with Crippen molar-refractivity contribution in [2.45, 2.75) is 90.5 Å². The van der Waals surface area contributed by atoms with Crippen LogP contribution in [-0.4, -0.2) is 65.5 Å². The van der Waals surface area contributed by atoms with Crippen molar-refractivity contribution >= 4 is 18.7 Å². The highest BCUT2D eigenvalue weighted by Crippen LogP contribution is 2.39. The van der Waals surface area contributed by atoms with Crippen LogP contribution in [0.5, 0.6) is 0 Å². The van der Waals surface area contributed by atoms with E-state index in [1.807, 2.05) is 0 Å². The normalized spacial score (nSPS) is 23.1. The quantitative estimate of drug-likeness (QED) is 0.574. The minimum Gasteiger partial charge on any atom is -0.453 e. The third kappa shape index (κ3) is 4.93. The summed E-state index contributed by atoms with van der Waals surface area (Å²) >= 11 is 0. The van der Waals surface area contributed by atoms with E-state index in [0.717, 1.165) is 55.8 Å². The molecule has 9 heteroatoms. The number of aromatic nitrogens is 2. The number of carbonyl (C=O) groups is 1. The predicted molar refractivity (Wildman–Crippen MR) is 145 cm³/mol. The van der Waals surface area contributed by atoms with Gasteiger partial charge in [-0.25, -0.2) is 9.78 Å². The van der Waals surface area contributed by atoms with Crippen molar-refractivity contribution in [3.05, 3.63) is 35.3 Å². The first kappa shape index (κ1) is 26.3. The lowest BCUT2D eigenvalue weighted by atomic mass is 9.76. The first-order valence-corrected chi connectivity index (χ1v) is 13.6. The summed E-state index contributed by atoms with van der Waals surface area (Å²) < 4.78 is 17.4. The molecule has 1 amide bonds. The van der Waals surface area contributed by atoms with Gasteiger partial charge in [-0.1, -0.05) is 32.0 Å². The van der Waals surface area contributed by atoms with Crippen LogP contribution in [0.1, 0.15) is 77.5 Å². The van der Waals surface area contributed by atoms with Gasteiger partial charge in [0, 0.05) is 23.8 Å². The summed E-state index contributed by atoms with van der Waals surface area (Å²) in [4.78, 5) is 23.2. The largest absolute Gasteiger partial charge is 0.494 e. The highest BCUT2D eigenvalue weighted by molar-refractivity contribution is 6.62. The van der Waals surface area contributed by atoms with Crippen LogP contribution in [0.3, 0.4) is 0 Å². The Labute approximate surface area is 221 Å². The highest BCUT2D eigenvalue weighted by Gasteiger charge is 2.51. The van der Waals surface area contributed by atoms with Crippen LogP contribution in [0.2, 0.25) is 0 Å². The number of ether oxygens (including phenoxy) is 1. The summed E-state index contributed by atoms with van der Waals surface area (Å²) in [6.07, 6.45) is 3.70. The average molecular weight is 508 g/mol. The van der Waals surface area contributed by atoms with Crippen molar-refractivity contribution in [2.24, 2.45) is 5.92 Å². The van der Waals surface area contributed by atoms with Gasteiger partial charge in [-0.2, -0.15) is 0 Å². The predicted octanol–water partition coefficient (Wildman–Crippen LogP) is 3.99. The fourth-order valence-corrected chi connectivity index (χ4v) is 5.67. The minimum absolute atomic E-state index is 0.0202. The lowest BCUT2D eigenvalue weighted by molar-refractivity contribution is 0.00578. The number of carbonyl (C=O) groups excluding carboxylic acids is 1. The van der Waals surface area contributed by atoms with Crippen molar-refractivity contribution in [3.8, 4) is 11.3 Å². The molecule has 2 atom stereocenters. The van der Waals surface area contributed by atoms with Gasteiger partial charge >= 0.3 is 13.2 Å². The Bertz CT molecular complexity index is 1150. The summed E-state index contributed by atoms with van der Waals surface area (Å²) in [6.45, 7) is 14.4. The van der Waals surface area contributed by atoms with E-state index in [1.165, 1.54) is 23.9 Å². The maximum absolute atomic E-state index is 11.9. The van der Waals surface area contributed by atoms with Gasteiger partial charge in [0.05, 0.1) is 30.0 Å². The van der Waals surface area contributed by atoms with Crippen molar-refractivity contribution in [2.75, 3.05) is 20.2 Å². The van der Waals surface area contributed by atoms with E-state index < -0.39 is 0 Å². The molecule has 2 saturated heterocycles. The fourth-order valence-electron chi connectivity index (χ4n) is 5.67. The highest BCUT2D eigenvalue weighted by atomic mass is 16.7. The Hall–Kier alpha value is -2.36. The number of rotatable bonds is 6. The van der Waals surface area contributed by atoms with E-state index in [-0.39, 0.29) is 36.5 Å². The van der Waals surface area contributed by atoms with Crippen LogP contribution >= 0.6 is 0 Å². The lowest BCUT2D eigenvalue weighted by Crippen LogP contribution is -2.46. The van der Waals surface area contributed by atoms with E-state index in [4.69, 9.17) is 19.0 Å². The third-order valence-corrected chi connectivity index (χ3v) is 8.76. The van der Waals surface area contributed by atoms with Crippen molar-refractivity contribution in [1.29, 1.82) is 0 Å². The van der Waals surface area contributed by atoms with Gasteiger partial charge in [0.25, 0.3) is 0 Å². The molecule has 0 bridgehead atoms. The van der Waals surface area contributed by atoms with Gasteiger partial charge in [0.2, 0.25) is 0 Å². The first-order chi connectivity index (χ1) is 17.5. The molecule has 200 valence electrons. The molecule has 1 aliphatic carbocycles. The molecule has 1 aromatic carbocycles. The second-order valence-corrected chi connectivity index (χ2v) is 12.1. The Morgan fingerprint density at radius 2 is 1.97 bits per heavy atom. The van der Waals surface area contributed by atoms with Gasteiger partial charge in [-0.05, 0) is 76.9 Å². The van der Waals surface area contributed by atoms with Crippen LogP contribution in [0.15, 0.2) is 18.2 Å². The second-order valence-electron chi connectivity index (χ2n) is 12.1. The summed E-state index contributed by atoms with van der Waals surface area (Å²) in [5, 5.41) is 3.01. The molecule has 3 aliphatic rings. The first-order valence-electron chi connectivity index (χ1n) is 13.6. The SMILES string of the molecule is COC(=O)N[C@H](CN1CCC[C@H]1c1nc2c([nH]1)CCc1cc(B3OC(C)(C)C(C)(C)O3)ccc1-2)C(C)C.